The van der Waals surface area contributed by atoms with Gasteiger partial charge in [-0.3, -0.25) is 0 Å². The third kappa shape index (κ3) is 2.75. The minimum atomic E-state index is 1.08. The number of rotatable bonds is 2. The van der Waals surface area contributed by atoms with E-state index in [1.807, 2.05) is 13.0 Å². The molecule has 1 rings (SSSR count). The topological polar surface area (TPSA) is 0 Å². The van der Waals surface area contributed by atoms with Crippen LogP contribution in [-0.4, -0.2) is 0 Å². The summed E-state index contributed by atoms with van der Waals surface area (Å²) in [5.41, 5.74) is 3.60. The molecule has 0 radical (unpaired) electrons. The van der Waals surface area contributed by atoms with Crippen LogP contribution in [0.3, 0.4) is 0 Å². The largest absolute Gasteiger partial charge is 0.0961 e. The number of hydrogen-bond acceptors (Lipinski definition) is 0. The first-order valence-corrected chi connectivity index (χ1v) is 4.09. The van der Waals surface area contributed by atoms with E-state index in [2.05, 4.69) is 43.8 Å². The fourth-order valence-electron chi connectivity index (χ4n) is 0.916. The first-order chi connectivity index (χ1) is 5.68. The van der Waals surface area contributed by atoms with Crippen molar-refractivity contribution in [2.45, 2.75) is 13.8 Å². The molecular formula is C12H14. The standard InChI is InChI=1S/C12H14/c1-10(2)4-7-12-8-5-11(3)6-9-12/h4-9H,1H2,2-3H3. The van der Waals surface area contributed by atoms with Crippen molar-refractivity contribution in [3.63, 3.8) is 0 Å². The number of hydrogen-bond donors (Lipinski definition) is 0. The van der Waals surface area contributed by atoms with Crippen LogP contribution < -0.4 is 0 Å². The van der Waals surface area contributed by atoms with Crippen molar-refractivity contribution in [2.24, 2.45) is 0 Å². The van der Waals surface area contributed by atoms with Gasteiger partial charge in [-0.25, -0.2) is 0 Å². The van der Waals surface area contributed by atoms with Crippen molar-refractivity contribution in [3.8, 4) is 0 Å². The summed E-state index contributed by atoms with van der Waals surface area (Å²) >= 11 is 0. The number of benzene rings is 1. The Balaban J connectivity index is 2.77. The molecule has 1 aromatic rings. The molecule has 0 N–H and O–H groups in total. The lowest BCUT2D eigenvalue weighted by atomic mass is 10.1. The summed E-state index contributed by atoms with van der Waals surface area (Å²) in [6, 6.07) is 8.43. The smallest absolute Gasteiger partial charge is 0.0256 e. The predicted molar refractivity (Wildman–Crippen MR) is 55.0 cm³/mol. The lowest BCUT2D eigenvalue weighted by Crippen LogP contribution is -1.73. The molecule has 0 saturated heterocycles. The zero-order chi connectivity index (χ0) is 8.97. The minimum Gasteiger partial charge on any atom is -0.0961 e. The lowest BCUT2D eigenvalue weighted by Gasteiger charge is -1.94. The first-order valence-electron chi connectivity index (χ1n) is 4.09. The van der Waals surface area contributed by atoms with Gasteiger partial charge in [-0.2, -0.15) is 0 Å². The van der Waals surface area contributed by atoms with Gasteiger partial charge in [0.2, 0.25) is 0 Å². The summed E-state index contributed by atoms with van der Waals surface area (Å²) in [6.45, 7) is 7.88. The maximum atomic E-state index is 3.80. The van der Waals surface area contributed by atoms with Gasteiger partial charge in [-0.05, 0) is 19.4 Å². The maximum Gasteiger partial charge on any atom is -0.0256 e. The van der Waals surface area contributed by atoms with Gasteiger partial charge < -0.3 is 0 Å². The van der Waals surface area contributed by atoms with Crippen LogP contribution in [0.25, 0.3) is 6.08 Å². The van der Waals surface area contributed by atoms with E-state index in [9.17, 15) is 0 Å². The zero-order valence-corrected chi connectivity index (χ0v) is 7.67. The quantitative estimate of drug-likeness (QED) is 0.577. The molecular weight excluding hydrogens is 144 g/mol. The Morgan fingerprint density at radius 1 is 1.25 bits per heavy atom. The predicted octanol–water partition coefficient (Wildman–Crippen LogP) is 3.58. The van der Waals surface area contributed by atoms with Gasteiger partial charge in [0.15, 0.2) is 0 Å². The van der Waals surface area contributed by atoms with Gasteiger partial charge in [-0.1, -0.05) is 54.1 Å². The van der Waals surface area contributed by atoms with Gasteiger partial charge in [0.05, 0.1) is 0 Å². The van der Waals surface area contributed by atoms with Crippen LogP contribution >= 0.6 is 0 Å². The number of allylic oxidation sites excluding steroid dienone is 2. The molecule has 0 unspecified atom stereocenters. The molecule has 0 aromatic heterocycles. The Morgan fingerprint density at radius 3 is 2.33 bits per heavy atom. The third-order valence-electron chi connectivity index (χ3n) is 1.64. The highest BCUT2D eigenvalue weighted by Crippen LogP contribution is 2.06. The molecule has 0 atom stereocenters. The molecule has 0 nitrogen and oxygen atoms in total. The molecule has 0 heterocycles. The summed E-state index contributed by atoms with van der Waals surface area (Å²) in [5.74, 6) is 0. The van der Waals surface area contributed by atoms with Crippen LogP contribution in [-0.2, 0) is 0 Å². The van der Waals surface area contributed by atoms with Crippen molar-refractivity contribution >= 4 is 6.08 Å². The summed E-state index contributed by atoms with van der Waals surface area (Å²) in [4.78, 5) is 0. The highest BCUT2D eigenvalue weighted by Gasteiger charge is 1.85. The molecule has 0 spiro atoms. The maximum absolute atomic E-state index is 3.80. The van der Waals surface area contributed by atoms with Gasteiger partial charge in [0.1, 0.15) is 0 Å². The molecule has 0 heteroatoms. The van der Waals surface area contributed by atoms with E-state index in [-0.39, 0.29) is 0 Å². The lowest BCUT2D eigenvalue weighted by molar-refractivity contribution is 1.46. The van der Waals surface area contributed by atoms with Crippen molar-refractivity contribution in [1.82, 2.24) is 0 Å². The van der Waals surface area contributed by atoms with Crippen molar-refractivity contribution in [3.05, 3.63) is 53.6 Å². The van der Waals surface area contributed by atoms with Crippen LogP contribution in [0.5, 0.6) is 0 Å². The molecule has 12 heavy (non-hydrogen) atoms. The van der Waals surface area contributed by atoms with Crippen LogP contribution in [0, 0.1) is 6.92 Å². The SMILES string of the molecule is C=C(C)C=Cc1ccc(C)cc1. The van der Waals surface area contributed by atoms with Crippen LogP contribution in [0.1, 0.15) is 18.1 Å². The fourth-order valence-corrected chi connectivity index (χ4v) is 0.916. The van der Waals surface area contributed by atoms with E-state index in [0.717, 1.165) is 5.57 Å². The highest BCUT2D eigenvalue weighted by molar-refractivity contribution is 5.52. The van der Waals surface area contributed by atoms with Gasteiger partial charge in [-0.15, -0.1) is 0 Å². The van der Waals surface area contributed by atoms with Crippen molar-refractivity contribution < 1.29 is 0 Å². The molecule has 62 valence electrons. The average molecular weight is 158 g/mol. The monoisotopic (exact) mass is 158 g/mol. The Labute approximate surface area is 74.2 Å². The summed E-state index contributed by atoms with van der Waals surface area (Å²) in [6.07, 6.45) is 4.09. The molecule has 0 saturated carbocycles. The highest BCUT2D eigenvalue weighted by atomic mass is 13.9. The summed E-state index contributed by atoms with van der Waals surface area (Å²) in [7, 11) is 0. The molecule has 1 aromatic carbocycles. The molecule has 0 amide bonds. The van der Waals surface area contributed by atoms with E-state index in [1.165, 1.54) is 11.1 Å². The van der Waals surface area contributed by atoms with Crippen LogP contribution in [0.15, 0.2) is 42.5 Å². The minimum absolute atomic E-state index is 1.08. The van der Waals surface area contributed by atoms with E-state index in [4.69, 9.17) is 0 Å². The molecule has 0 aliphatic carbocycles. The van der Waals surface area contributed by atoms with E-state index in [1.54, 1.807) is 0 Å². The molecule has 0 aliphatic rings. The fraction of sp³-hybridized carbons (Fsp3) is 0.167. The van der Waals surface area contributed by atoms with E-state index in [0.29, 0.717) is 0 Å². The molecule has 0 fully saturated rings. The molecule has 0 bridgehead atoms. The number of aryl methyl sites for hydroxylation is 1. The Kier molecular flexibility index (Phi) is 2.87. The second kappa shape index (κ2) is 3.91. The van der Waals surface area contributed by atoms with Crippen molar-refractivity contribution in [1.29, 1.82) is 0 Å². The Hall–Kier alpha value is -1.30. The Morgan fingerprint density at radius 2 is 1.83 bits per heavy atom. The van der Waals surface area contributed by atoms with Crippen LogP contribution in [0.4, 0.5) is 0 Å². The van der Waals surface area contributed by atoms with Crippen molar-refractivity contribution in [2.75, 3.05) is 0 Å². The van der Waals surface area contributed by atoms with Gasteiger partial charge >= 0.3 is 0 Å². The second-order valence-electron chi connectivity index (χ2n) is 3.09. The molecule has 0 aliphatic heterocycles. The normalized spacial score (nSPS) is 10.5. The van der Waals surface area contributed by atoms with Gasteiger partial charge in [0.25, 0.3) is 0 Å². The van der Waals surface area contributed by atoms with E-state index >= 15 is 0 Å². The summed E-state index contributed by atoms with van der Waals surface area (Å²) < 4.78 is 0. The van der Waals surface area contributed by atoms with Gasteiger partial charge in [0, 0.05) is 0 Å². The summed E-state index contributed by atoms with van der Waals surface area (Å²) in [5, 5.41) is 0. The first kappa shape index (κ1) is 8.79. The average Bonchev–Trinajstić information content (AvgIpc) is 2.03. The van der Waals surface area contributed by atoms with Crippen LogP contribution in [0.2, 0.25) is 0 Å². The second-order valence-corrected chi connectivity index (χ2v) is 3.09. The third-order valence-corrected chi connectivity index (χ3v) is 1.64. The van der Waals surface area contributed by atoms with E-state index < -0.39 is 0 Å². The zero-order valence-electron chi connectivity index (χ0n) is 7.67. The Bertz CT molecular complexity index is 288.